The highest BCUT2D eigenvalue weighted by Crippen LogP contribution is 2.20. The fraction of sp³-hybridized carbons (Fsp3) is 0.818. The third-order valence-corrected chi connectivity index (χ3v) is 2.19. The van der Waals surface area contributed by atoms with E-state index in [9.17, 15) is 5.11 Å². The molecule has 0 spiro atoms. The van der Waals surface area contributed by atoms with Crippen molar-refractivity contribution in [3.05, 3.63) is 12.2 Å². The van der Waals surface area contributed by atoms with Gasteiger partial charge in [-0.2, -0.15) is 0 Å². The summed E-state index contributed by atoms with van der Waals surface area (Å²) in [5, 5.41) is 18.7. The molecule has 0 heterocycles. The van der Waals surface area contributed by atoms with Crippen molar-refractivity contribution in [3.63, 3.8) is 0 Å². The Hall–Kier alpha value is -0.420. The molecule has 4 heteroatoms. The van der Waals surface area contributed by atoms with Gasteiger partial charge in [0.25, 0.3) is 0 Å². The quantitative estimate of drug-likeness (QED) is 0.473. The second kappa shape index (κ2) is 6.95. The lowest BCUT2D eigenvalue weighted by molar-refractivity contribution is -0.138. The van der Waals surface area contributed by atoms with Crippen LogP contribution in [0.3, 0.4) is 0 Å². The maximum Gasteiger partial charge on any atom is 0.161 e. The molecule has 0 aliphatic carbocycles. The van der Waals surface area contributed by atoms with E-state index >= 15 is 0 Å². The summed E-state index contributed by atoms with van der Waals surface area (Å²) in [4.78, 5) is 0. The number of ether oxygens (including phenoxy) is 2. The van der Waals surface area contributed by atoms with Gasteiger partial charge in [-0.25, -0.2) is 0 Å². The van der Waals surface area contributed by atoms with Crippen molar-refractivity contribution in [3.8, 4) is 0 Å². The van der Waals surface area contributed by atoms with E-state index < -0.39 is 11.9 Å². The number of aliphatic hydroxyl groups excluding tert-OH is 1. The predicted molar refractivity (Wildman–Crippen MR) is 58.5 cm³/mol. The van der Waals surface area contributed by atoms with Crippen LogP contribution in [0, 0.1) is 0 Å². The Balaban J connectivity index is 4.21. The van der Waals surface area contributed by atoms with Crippen LogP contribution in [0.2, 0.25) is 0 Å². The van der Waals surface area contributed by atoms with Gasteiger partial charge in [0.15, 0.2) is 6.29 Å². The highest BCUT2D eigenvalue weighted by molar-refractivity contribution is 5.10. The fourth-order valence-corrected chi connectivity index (χ4v) is 1.07. The zero-order chi connectivity index (χ0) is 11.9. The van der Waals surface area contributed by atoms with Crippen LogP contribution in [0.4, 0.5) is 0 Å². The largest absolute Gasteiger partial charge is 0.393 e. The molecule has 1 atom stereocenters. The van der Waals surface area contributed by atoms with Gasteiger partial charge in [-0.3, -0.25) is 0 Å². The summed E-state index contributed by atoms with van der Waals surface area (Å²) >= 11 is 0. The monoisotopic (exact) mass is 218 g/mol. The van der Waals surface area contributed by atoms with E-state index in [1.165, 1.54) is 6.92 Å². The second-order valence-corrected chi connectivity index (χ2v) is 3.58. The van der Waals surface area contributed by atoms with E-state index in [4.69, 9.17) is 14.6 Å². The molecule has 0 aliphatic heterocycles. The van der Waals surface area contributed by atoms with E-state index in [0.29, 0.717) is 25.2 Å². The molecule has 0 aromatic rings. The van der Waals surface area contributed by atoms with Crippen molar-refractivity contribution in [2.45, 2.75) is 39.1 Å². The van der Waals surface area contributed by atoms with Crippen molar-refractivity contribution >= 4 is 0 Å². The van der Waals surface area contributed by atoms with Gasteiger partial charge in [0.1, 0.15) is 5.60 Å². The van der Waals surface area contributed by atoms with E-state index in [-0.39, 0.29) is 6.61 Å². The molecule has 0 aliphatic rings. The molecule has 0 rings (SSSR count). The standard InChI is InChI=1S/C11H22O4/c1-5-14-10(15-6-2)7-9(3)11(4,13)8-12/h10,12-13H,3,5-8H2,1-2,4H3/t11-/m1/s1. The summed E-state index contributed by atoms with van der Waals surface area (Å²) < 4.78 is 10.6. The minimum absolute atomic E-state index is 0.350. The average Bonchev–Trinajstić information content (AvgIpc) is 2.18. The Bertz CT molecular complexity index is 183. The first-order chi connectivity index (χ1) is 6.97. The normalized spacial score (nSPS) is 15.3. The summed E-state index contributed by atoms with van der Waals surface area (Å²) in [5.74, 6) is 0. The molecular formula is C11H22O4. The smallest absolute Gasteiger partial charge is 0.161 e. The van der Waals surface area contributed by atoms with Crippen molar-refractivity contribution in [1.82, 2.24) is 0 Å². The van der Waals surface area contributed by atoms with Gasteiger partial charge in [-0.1, -0.05) is 6.58 Å². The predicted octanol–water partition coefficient (Wildman–Crippen LogP) is 1.08. The molecular weight excluding hydrogens is 196 g/mol. The van der Waals surface area contributed by atoms with Gasteiger partial charge < -0.3 is 19.7 Å². The second-order valence-electron chi connectivity index (χ2n) is 3.58. The molecule has 15 heavy (non-hydrogen) atoms. The van der Waals surface area contributed by atoms with Crippen LogP contribution in [0.1, 0.15) is 27.2 Å². The molecule has 0 bridgehead atoms. The average molecular weight is 218 g/mol. The van der Waals surface area contributed by atoms with Crippen molar-refractivity contribution in [2.24, 2.45) is 0 Å². The Morgan fingerprint density at radius 1 is 1.33 bits per heavy atom. The highest BCUT2D eigenvalue weighted by Gasteiger charge is 2.25. The van der Waals surface area contributed by atoms with E-state index in [0.717, 1.165) is 0 Å². The fourth-order valence-electron chi connectivity index (χ4n) is 1.07. The lowest BCUT2D eigenvalue weighted by Crippen LogP contribution is -2.33. The Morgan fingerprint density at radius 3 is 2.13 bits per heavy atom. The molecule has 0 aromatic heterocycles. The molecule has 0 radical (unpaired) electrons. The van der Waals surface area contributed by atoms with Crippen LogP contribution in [-0.2, 0) is 9.47 Å². The molecule has 0 saturated heterocycles. The maximum absolute atomic E-state index is 9.72. The van der Waals surface area contributed by atoms with Gasteiger partial charge in [-0.15, -0.1) is 0 Å². The summed E-state index contributed by atoms with van der Waals surface area (Å²) in [6, 6.07) is 0. The summed E-state index contributed by atoms with van der Waals surface area (Å²) in [6.07, 6.45) is -0.0135. The SMILES string of the molecule is C=C(CC(OCC)OCC)[C@](C)(O)CO. The number of rotatable bonds is 8. The molecule has 90 valence electrons. The highest BCUT2D eigenvalue weighted by atomic mass is 16.7. The first-order valence-electron chi connectivity index (χ1n) is 5.22. The lowest BCUT2D eigenvalue weighted by Gasteiger charge is -2.26. The molecule has 2 N–H and O–H groups in total. The summed E-state index contributed by atoms with van der Waals surface area (Å²) in [5.41, 5.74) is -0.760. The Kier molecular flexibility index (Phi) is 6.76. The van der Waals surface area contributed by atoms with Gasteiger partial charge >= 0.3 is 0 Å². The maximum atomic E-state index is 9.72. The Labute approximate surface area is 91.5 Å². The third-order valence-electron chi connectivity index (χ3n) is 2.19. The van der Waals surface area contributed by atoms with Crippen LogP contribution in [0.5, 0.6) is 0 Å². The van der Waals surface area contributed by atoms with E-state index in [2.05, 4.69) is 6.58 Å². The minimum atomic E-state index is -1.27. The number of aliphatic hydroxyl groups is 2. The topological polar surface area (TPSA) is 58.9 Å². The van der Waals surface area contributed by atoms with Crippen molar-refractivity contribution in [1.29, 1.82) is 0 Å². The van der Waals surface area contributed by atoms with Crippen molar-refractivity contribution in [2.75, 3.05) is 19.8 Å². The first-order valence-corrected chi connectivity index (χ1v) is 5.22. The molecule has 0 unspecified atom stereocenters. The minimum Gasteiger partial charge on any atom is -0.393 e. The van der Waals surface area contributed by atoms with Crippen LogP contribution in [-0.4, -0.2) is 41.9 Å². The lowest BCUT2D eigenvalue weighted by atomic mass is 9.95. The third kappa shape index (κ3) is 5.28. The van der Waals surface area contributed by atoms with Gasteiger partial charge in [0.2, 0.25) is 0 Å². The Morgan fingerprint density at radius 2 is 1.80 bits per heavy atom. The van der Waals surface area contributed by atoms with E-state index in [1.807, 2.05) is 13.8 Å². The zero-order valence-electron chi connectivity index (χ0n) is 9.82. The van der Waals surface area contributed by atoms with E-state index in [1.54, 1.807) is 0 Å². The van der Waals surface area contributed by atoms with Gasteiger partial charge in [0, 0.05) is 19.6 Å². The van der Waals surface area contributed by atoms with Crippen LogP contribution >= 0.6 is 0 Å². The van der Waals surface area contributed by atoms with Crippen LogP contribution in [0.15, 0.2) is 12.2 Å². The van der Waals surface area contributed by atoms with Crippen LogP contribution < -0.4 is 0 Å². The molecule has 0 aromatic carbocycles. The molecule has 0 saturated carbocycles. The van der Waals surface area contributed by atoms with Crippen LogP contribution in [0.25, 0.3) is 0 Å². The summed E-state index contributed by atoms with van der Waals surface area (Å²) in [7, 11) is 0. The van der Waals surface area contributed by atoms with Gasteiger partial charge in [0.05, 0.1) is 6.61 Å². The number of hydrogen-bond donors (Lipinski definition) is 2. The van der Waals surface area contributed by atoms with Gasteiger partial charge in [-0.05, 0) is 26.3 Å². The first kappa shape index (κ1) is 14.6. The molecule has 4 nitrogen and oxygen atoms in total. The molecule has 0 amide bonds. The zero-order valence-corrected chi connectivity index (χ0v) is 9.82. The number of hydrogen-bond acceptors (Lipinski definition) is 4. The molecule has 0 fully saturated rings. The van der Waals surface area contributed by atoms with Crippen molar-refractivity contribution < 1.29 is 19.7 Å². The summed E-state index contributed by atoms with van der Waals surface area (Å²) in [6.45, 7) is 9.73.